The highest BCUT2D eigenvalue weighted by molar-refractivity contribution is 5.80. The summed E-state index contributed by atoms with van der Waals surface area (Å²) in [6, 6.07) is 10.5. The van der Waals surface area contributed by atoms with Crippen molar-refractivity contribution >= 4 is 11.8 Å². The first-order valence-corrected chi connectivity index (χ1v) is 11.1. The van der Waals surface area contributed by atoms with Gasteiger partial charge in [0.05, 0.1) is 0 Å². The molecular weight excluding hydrogens is 374 g/mol. The molecule has 2 aromatic rings. The second kappa shape index (κ2) is 9.37. The number of aliphatic imine (C=N–C) groups is 1. The molecule has 160 valence electrons. The fraction of sp³-hybridized carbons (Fsp3) is 0.500. The van der Waals surface area contributed by atoms with E-state index < -0.39 is 0 Å². The Bertz CT molecular complexity index is 902. The number of benzene rings is 1. The zero-order chi connectivity index (χ0) is 20.9. The molecule has 6 heteroatoms. The van der Waals surface area contributed by atoms with E-state index in [1.807, 2.05) is 19.1 Å². The van der Waals surface area contributed by atoms with Crippen molar-refractivity contribution in [3.63, 3.8) is 0 Å². The first-order valence-electron chi connectivity index (χ1n) is 11.1. The monoisotopic (exact) mass is 407 g/mol. The fourth-order valence-electron chi connectivity index (χ4n) is 4.61. The minimum absolute atomic E-state index is 0.385. The third kappa shape index (κ3) is 4.69. The van der Waals surface area contributed by atoms with Crippen molar-refractivity contribution in [3.8, 4) is 5.75 Å². The number of phenolic OH excluding ortho intramolecular Hbond substituents is 1. The largest absolute Gasteiger partial charge is 0.508 e. The van der Waals surface area contributed by atoms with Crippen LogP contribution in [0.15, 0.2) is 35.3 Å². The molecule has 0 spiro atoms. The molecule has 2 aliphatic rings. The summed E-state index contributed by atoms with van der Waals surface area (Å²) in [5, 5.41) is 17.4. The molecular formula is C24H33N5O. The molecule has 30 heavy (non-hydrogen) atoms. The van der Waals surface area contributed by atoms with E-state index in [0.717, 1.165) is 61.8 Å². The van der Waals surface area contributed by atoms with Gasteiger partial charge in [-0.25, -0.2) is 4.98 Å². The lowest BCUT2D eigenvalue weighted by Crippen LogP contribution is -2.48. The van der Waals surface area contributed by atoms with Gasteiger partial charge < -0.3 is 20.6 Å². The summed E-state index contributed by atoms with van der Waals surface area (Å²) < 4.78 is 0. The van der Waals surface area contributed by atoms with Crippen LogP contribution in [0.5, 0.6) is 5.75 Å². The summed E-state index contributed by atoms with van der Waals surface area (Å²) in [6.07, 6.45) is 6.70. The van der Waals surface area contributed by atoms with Crippen molar-refractivity contribution in [1.29, 1.82) is 0 Å². The average Bonchev–Trinajstić information content (AvgIpc) is 2.78. The number of phenols is 1. The normalized spacial score (nSPS) is 17.5. The third-order valence-corrected chi connectivity index (χ3v) is 6.32. The predicted molar refractivity (Wildman–Crippen MR) is 122 cm³/mol. The zero-order valence-electron chi connectivity index (χ0n) is 18.1. The second-order valence-electron chi connectivity index (χ2n) is 8.38. The van der Waals surface area contributed by atoms with E-state index in [1.165, 1.54) is 24.0 Å². The number of nitrogens with one attached hydrogen (secondary N) is 2. The van der Waals surface area contributed by atoms with Gasteiger partial charge in [0.15, 0.2) is 5.96 Å². The molecule has 1 aliphatic heterocycles. The Morgan fingerprint density at radius 3 is 2.73 bits per heavy atom. The minimum Gasteiger partial charge on any atom is -0.508 e. The van der Waals surface area contributed by atoms with Gasteiger partial charge in [0.25, 0.3) is 0 Å². The number of anilines is 1. The molecule has 0 unspecified atom stereocenters. The fourth-order valence-corrected chi connectivity index (χ4v) is 4.61. The van der Waals surface area contributed by atoms with Gasteiger partial charge in [0.2, 0.25) is 0 Å². The van der Waals surface area contributed by atoms with Crippen LogP contribution >= 0.6 is 0 Å². The molecule has 1 aromatic carbocycles. The van der Waals surface area contributed by atoms with Gasteiger partial charge in [-0.05, 0) is 74.8 Å². The molecule has 1 aromatic heterocycles. The van der Waals surface area contributed by atoms with Gasteiger partial charge in [-0.2, -0.15) is 0 Å². The quantitative estimate of drug-likeness (QED) is 0.536. The van der Waals surface area contributed by atoms with Crippen molar-refractivity contribution in [2.45, 2.75) is 58.0 Å². The molecule has 2 heterocycles. The van der Waals surface area contributed by atoms with Gasteiger partial charge >= 0.3 is 0 Å². The highest BCUT2D eigenvalue weighted by atomic mass is 16.3. The maximum Gasteiger partial charge on any atom is 0.191 e. The number of pyridine rings is 1. The molecule has 3 N–H and O–H groups in total. The van der Waals surface area contributed by atoms with E-state index in [-0.39, 0.29) is 0 Å². The number of hydrogen-bond acceptors (Lipinski definition) is 4. The molecule has 1 fully saturated rings. The lowest BCUT2D eigenvalue weighted by atomic mass is 9.88. The van der Waals surface area contributed by atoms with Crippen molar-refractivity contribution in [2.24, 2.45) is 4.99 Å². The van der Waals surface area contributed by atoms with Crippen molar-refractivity contribution in [2.75, 3.05) is 25.0 Å². The number of hydrogen-bond donors (Lipinski definition) is 3. The van der Waals surface area contributed by atoms with Gasteiger partial charge in [-0.1, -0.05) is 12.1 Å². The lowest BCUT2D eigenvalue weighted by molar-refractivity contribution is 0.455. The standard InChI is InChI=1S/C24H33N5O/c1-17-6-5-9-23(27-17)29-14-12-19(13-15-29)28-24(25-2)26-16-21-20-8-4-3-7-18(20)10-11-22(21)30/h5-6,9-11,19,30H,3-4,7-8,12-16H2,1-2H3,(H2,25,26,28). The van der Waals surface area contributed by atoms with Crippen LogP contribution in [-0.2, 0) is 19.4 Å². The average molecular weight is 408 g/mol. The Balaban J connectivity index is 1.32. The first kappa shape index (κ1) is 20.5. The van der Waals surface area contributed by atoms with Crippen LogP contribution in [0.25, 0.3) is 0 Å². The van der Waals surface area contributed by atoms with E-state index in [1.54, 1.807) is 7.05 Å². The molecule has 0 radical (unpaired) electrons. The highest BCUT2D eigenvalue weighted by Crippen LogP contribution is 2.30. The molecule has 0 saturated carbocycles. The highest BCUT2D eigenvalue weighted by Gasteiger charge is 2.21. The first-order chi connectivity index (χ1) is 14.6. The number of aromatic hydroxyl groups is 1. The van der Waals surface area contributed by atoms with Gasteiger partial charge in [-0.15, -0.1) is 0 Å². The Morgan fingerprint density at radius 2 is 1.97 bits per heavy atom. The maximum absolute atomic E-state index is 10.4. The number of aromatic nitrogens is 1. The van der Waals surface area contributed by atoms with Crippen LogP contribution in [0.4, 0.5) is 5.82 Å². The van der Waals surface area contributed by atoms with Crippen LogP contribution in [0.3, 0.4) is 0 Å². The van der Waals surface area contributed by atoms with E-state index in [9.17, 15) is 5.11 Å². The summed E-state index contributed by atoms with van der Waals surface area (Å²) in [7, 11) is 1.81. The van der Waals surface area contributed by atoms with Crippen LogP contribution in [-0.4, -0.2) is 42.2 Å². The summed E-state index contributed by atoms with van der Waals surface area (Å²) in [5.41, 5.74) is 4.79. The van der Waals surface area contributed by atoms with E-state index in [0.29, 0.717) is 18.3 Å². The lowest BCUT2D eigenvalue weighted by Gasteiger charge is -2.34. The topological polar surface area (TPSA) is 72.8 Å². The van der Waals surface area contributed by atoms with Gasteiger partial charge in [-0.3, -0.25) is 4.99 Å². The summed E-state index contributed by atoms with van der Waals surface area (Å²) in [5.74, 6) is 2.26. The predicted octanol–water partition coefficient (Wildman–Crippen LogP) is 3.31. The molecule has 1 aliphatic carbocycles. The van der Waals surface area contributed by atoms with E-state index in [2.05, 4.69) is 43.7 Å². The zero-order valence-corrected chi connectivity index (χ0v) is 18.1. The van der Waals surface area contributed by atoms with Gasteiger partial charge in [0.1, 0.15) is 11.6 Å². The second-order valence-corrected chi connectivity index (χ2v) is 8.38. The number of rotatable bonds is 4. The van der Waals surface area contributed by atoms with Crippen molar-refractivity contribution in [3.05, 3.63) is 52.7 Å². The smallest absolute Gasteiger partial charge is 0.191 e. The molecule has 0 bridgehead atoms. The van der Waals surface area contributed by atoms with Crippen molar-refractivity contribution < 1.29 is 5.11 Å². The maximum atomic E-state index is 10.4. The Hall–Kier alpha value is -2.76. The molecule has 0 atom stereocenters. The number of guanidine groups is 1. The SMILES string of the molecule is CN=C(NCc1c(O)ccc2c1CCCC2)NC1CCN(c2cccc(C)n2)CC1. The van der Waals surface area contributed by atoms with Crippen LogP contribution in [0, 0.1) is 6.92 Å². The summed E-state index contributed by atoms with van der Waals surface area (Å²) >= 11 is 0. The number of nitrogens with zero attached hydrogens (tertiary/aromatic N) is 3. The Labute approximate surface area is 179 Å². The molecule has 1 saturated heterocycles. The number of piperidine rings is 1. The van der Waals surface area contributed by atoms with E-state index in [4.69, 9.17) is 0 Å². The van der Waals surface area contributed by atoms with E-state index >= 15 is 0 Å². The Morgan fingerprint density at radius 1 is 1.17 bits per heavy atom. The number of aryl methyl sites for hydroxylation is 2. The third-order valence-electron chi connectivity index (χ3n) is 6.32. The number of fused-ring (bicyclic) bond motifs is 1. The van der Waals surface area contributed by atoms with Gasteiger partial charge in [0, 0.05) is 44.0 Å². The Kier molecular flexibility index (Phi) is 6.41. The van der Waals surface area contributed by atoms with Crippen LogP contribution in [0.2, 0.25) is 0 Å². The van der Waals surface area contributed by atoms with Crippen LogP contribution in [0.1, 0.15) is 48.1 Å². The molecule has 4 rings (SSSR count). The summed E-state index contributed by atoms with van der Waals surface area (Å²) in [6.45, 7) is 4.60. The van der Waals surface area contributed by atoms with Crippen LogP contribution < -0.4 is 15.5 Å². The van der Waals surface area contributed by atoms with Crippen molar-refractivity contribution in [1.82, 2.24) is 15.6 Å². The minimum atomic E-state index is 0.385. The molecule has 0 amide bonds. The summed E-state index contributed by atoms with van der Waals surface area (Å²) in [4.78, 5) is 11.4. The molecule has 6 nitrogen and oxygen atoms in total.